The van der Waals surface area contributed by atoms with E-state index in [9.17, 15) is 4.79 Å². The van der Waals surface area contributed by atoms with Crippen molar-refractivity contribution in [3.05, 3.63) is 53.5 Å². The fraction of sp³-hybridized carbons (Fsp3) is 0.188. The number of benzene rings is 1. The molecule has 4 heteroatoms. The maximum Gasteiger partial charge on any atom is 0.291 e. The van der Waals surface area contributed by atoms with Gasteiger partial charge < -0.3 is 14.8 Å². The van der Waals surface area contributed by atoms with Crippen LogP contribution < -0.4 is 5.32 Å². The highest BCUT2D eigenvalue weighted by Gasteiger charge is 2.10. The van der Waals surface area contributed by atoms with Gasteiger partial charge in [-0.15, -0.1) is 0 Å². The van der Waals surface area contributed by atoms with Crippen LogP contribution in [-0.4, -0.2) is 17.6 Å². The van der Waals surface area contributed by atoms with Gasteiger partial charge >= 0.3 is 0 Å². The maximum atomic E-state index is 11.9. The summed E-state index contributed by atoms with van der Waals surface area (Å²) in [5, 5.41) is 11.4. The Bertz CT molecular complexity index is 644. The molecule has 4 nitrogen and oxygen atoms in total. The third-order valence-electron chi connectivity index (χ3n) is 2.69. The number of aryl methyl sites for hydroxylation is 1. The SMILES string of the molecule is CCc1ccc(C(=O)Nc2ccc(C#CCO)cc2)o1. The smallest absolute Gasteiger partial charge is 0.291 e. The highest BCUT2D eigenvalue weighted by atomic mass is 16.3. The largest absolute Gasteiger partial charge is 0.456 e. The Morgan fingerprint density at radius 2 is 2.00 bits per heavy atom. The quantitative estimate of drug-likeness (QED) is 0.841. The van der Waals surface area contributed by atoms with Crippen molar-refractivity contribution in [2.45, 2.75) is 13.3 Å². The molecule has 2 N–H and O–H groups in total. The van der Waals surface area contributed by atoms with Gasteiger partial charge in [0.05, 0.1) is 0 Å². The number of carbonyl (C=O) groups is 1. The predicted molar refractivity (Wildman–Crippen MR) is 76.4 cm³/mol. The predicted octanol–water partition coefficient (Wildman–Crippen LogP) is 2.44. The van der Waals surface area contributed by atoms with Gasteiger partial charge in [-0.2, -0.15) is 0 Å². The van der Waals surface area contributed by atoms with Crippen molar-refractivity contribution in [1.82, 2.24) is 0 Å². The van der Waals surface area contributed by atoms with Crippen molar-refractivity contribution in [1.29, 1.82) is 0 Å². The average Bonchev–Trinajstić information content (AvgIpc) is 2.95. The van der Waals surface area contributed by atoms with Gasteiger partial charge in [0.25, 0.3) is 5.91 Å². The van der Waals surface area contributed by atoms with Gasteiger partial charge in [-0.25, -0.2) is 0 Å². The minimum atomic E-state index is -0.279. The molecule has 0 fully saturated rings. The summed E-state index contributed by atoms with van der Waals surface area (Å²) >= 11 is 0. The van der Waals surface area contributed by atoms with Crippen LogP contribution in [0.25, 0.3) is 0 Å². The molecule has 0 aliphatic rings. The molecule has 2 rings (SSSR count). The zero-order valence-electron chi connectivity index (χ0n) is 11.1. The van der Waals surface area contributed by atoms with Crippen molar-refractivity contribution in [3.8, 4) is 11.8 Å². The summed E-state index contributed by atoms with van der Waals surface area (Å²) in [7, 11) is 0. The van der Waals surface area contributed by atoms with Crippen molar-refractivity contribution >= 4 is 11.6 Å². The van der Waals surface area contributed by atoms with E-state index in [-0.39, 0.29) is 12.5 Å². The number of furan rings is 1. The number of anilines is 1. The summed E-state index contributed by atoms with van der Waals surface area (Å²) in [6.45, 7) is 1.80. The van der Waals surface area contributed by atoms with E-state index in [1.54, 1.807) is 36.4 Å². The van der Waals surface area contributed by atoms with Crippen molar-refractivity contribution in [2.24, 2.45) is 0 Å². The van der Waals surface area contributed by atoms with Gasteiger partial charge in [0, 0.05) is 17.7 Å². The van der Waals surface area contributed by atoms with Gasteiger partial charge in [0.15, 0.2) is 5.76 Å². The van der Waals surface area contributed by atoms with Gasteiger partial charge in [-0.05, 0) is 36.4 Å². The Balaban J connectivity index is 2.04. The Morgan fingerprint density at radius 1 is 1.25 bits per heavy atom. The third kappa shape index (κ3) is 3.50. The van der Waals surface area contributed by atoms with E-state index < -0.39 is 0 Å². The van der Waals surface area contributed by atoms with Crippen LogP contribution in [0.3, 0.4) is 0 Å². The van der Waals surface area contributed by atoms with Gasteiger partial charge in [-0.1, -0.05) is 18.8 Å². The molecule has 0 saturated heterocycles. The van der Waals surface area contributed by atoms with Crippen LogP contribution in [0.15, 0.2) is 40.8 Å². The summed E-state index contributed by atoms with van der Waals surface area (Å²) in [5.74, 6) is 6.15. The molecule has 2 aromatic rings. The van der Waals surface area contributed by atoms with Crippen molar-refractivity contribution < 1.29 is 14.3 Å². The minimum absolute atomic E-state index is 0.170. The topological polar surface area (TPSA) is 62.5 Å². The number of carbonyl (C=O) groups excluding carboxylic acids is 1. The number of amides is 1. The van der Waals surface area contributed by atoms with E-state index in [0.717, 1.165) is 17.7 Å². The number of aliphatic hydroxyl groups is 1. The summed E-state index contributed by atoms with van der Waals surface area (Å²) in [6, 6.07) is 10.5. The molecule has 20 heavy (non-hydrogen) atoms. The molecule has 0 atom stereocenters. The van der Waals surface area contributed by atoms with Gasteiger partial charge in [0.2, 0.25) is 0 Å². The van der Waals surface area contributed by atoms with E-state index in [0.29, 0.717) is 11.4 Å². The summed E-state index contributed by atoms with van der Waals surface area (Å²) in [6.07, 6.45) is 0.755. The minimum Gasteiger partial charge on any atom is -0.456 e. The molecule has 102 valence electrons. The Kier molecular flexibility index (Phi) is 4.59. The number of rotatable bonds is 3. The highest BCUT2D eigenvalue weighted by molar-refractivity contribution is 6.02. The van der Waals surface area contributed by atoms with Crippen LogP contribution >= 0.6 is 0 Å². The van der Waals surface area contributed by atoms with Crippen LogP contribution in [0.2, 0.25) is 0 Å². The zero-order valence-corrected chi connectivity index (χ0v) is 11.1. The lowest BCUT2D eigenvalue weighted by Gasteiger charge is -2.03. The number of hydrogen-bond acceptors (Lipinski definition) is 3. The molecule has 1 heterocycles. The van der Waals surface area contributed by atoms with Crippen LogP contribution in [-0.2, 0) is 6.42 Å². The number of hydrogen-bond donors (Lipinski definition) is 2. The fourth-order valence-corrected chi connectivity index (χ4v) is 1.66. The van der Waals surface area contributed by atoms with Crippen LogP contribution in [0.1, 0.15) is 28.8 Å². The Labute approximate surface area is 117 Å². The molecule has 1 aromatic heterocycles. The van der Waals surface area contributed by atoms with Crippen molar-refractivity contribution in [3.63, 3.8) is 0 Å². The lowest BCUT2D eigenvalue weighted by molar-refractivity contribution is 0.0995. The second-order valence-electron chi connectivity index (χ2n) is 4.11. The van der Waals surface area contributed by atoms with Gasteiger partial charge in [0.1, 0.15) is 12.4 Å². The molecule has 0 bridgehead atoms. The summed E-state index contributed by atoms with van der Waals surface area (Å²) < 4.78 is 5.38. The Hall–Kier alpha value is -2.51. The van der Waals surface area contributed by atoms with Crippen LogP contribution in [0.5, 0.6) is 0 Å². The lowest BCUT2D eigenvalue weighted by Crippen LogP contribution is -2.10. The highest BCUT2D eigenvalue weighted by Crippen LogP contribution is 2.13. The molecule has 0 aliphatic carbocycles. The second kappa shape index (κ2) is 6.60. The van der Waals surface area contributed by atoms with Crippen LogP contribution in [0.4, 0.5) is 5.69 Å². The molecule has 0 aliphatic heterocycles. The second-order valence-corrected chi connectivity index (χ2v) is 4.11. The first-order valence-electron chi connectivity index (χ1n) is 6.32. The summed E-state index contributed by atoms with van der Waals surface area (Å²) in [4.78, 5) is 11.9. The van der Waals surface area contributed by atoms with E-state index in [1.807, 2.05) is 6.92 Å². The molecule has 0 unspecified atom stereocenters. The first kappa shape index (κ1) is 13.9. The van der Waals surface area contributed by atoms with Crippen LogP contribution in [0, 0.1) is 11.8 Å². The fourth-order valence-electron chi connectivity index (χ4n) is 1.66. The zero-order chi connectivity index (χ0) is 14.4. The van der Waals surface area contributed by atoms with E-state index in [2.05, 4.69) is 17.2 Å². The normalized spacial score (nSPS) is 9.70. The molecule has 0 radical (unpaired) electrons. The van der Waals surface area contributed by atoms with Crippen molar-refractivity contribution in [2.75, 3.05) is 11.9 Å². The lowest BCUT2D eigenvalue weighted by atomic mass is 10.2. The Morgan fingerprint density at radius 3 is 2.60 bits per heavy atom. The molecule has 0 saturated carbocycles. The van der Waals surface area contributed by atoms with E-state index in [1.165, 1.54) is 0 Å². The first-order chi connectivity index (χ1) is 9.72. The monoisotopic (exact) mass is 269 g/mol. The molecular formula is C16H15NO3. The maximum absolute atomic E-state index is 11.9. The van der Waals surface area contributed by atoms with Gasteiger partial charge in [-0.3, -0.25) is 4.79 Å². The molecule has 1 amide bonds. The third-order valence-corrected chi connectivity index (χ3v) is 2.69. The van der Waals surface area contributed by atoms with E-state index in [4.69, 9.17) is 9.52 Å². The molecule has 0 spiro atoms. The van der Waals surface area contributed by atoms with E-state index >= 15 is 0 Å². The summed E-state index contributed by atoms with van der Waals surface area (Å²) in [5.41, 5.74) is 1.45. The molecular weight excluding hydrogens is 254 g/mol. The average molecular weight is 269 g/mol. The standard InChI is InChI=1S/C16H15NO3/c1-2-14-9-10-15(20-14)16(19)17-13-7-5-12(6-8-13)4-3-11-18/h5-10,18H,2,11H2,1H3,(H,17,19). The number of nitrogens with one attached hydrogen (secondary N) is 1. The number of aliphatic hydroxyl groups excluding tert-OH is 1. The molecule has 1 aromatic carbocycles. The first-order valence-corrected chi connectivity index (χ1v) is 6.32.